The number of fused-ring (bicyclic) bond motifs is 1. The Kier molecular flexibility index (Phi) is 8.86. The van der Waals surface area contributed by atoms with E-state index in [1.807, 2.05) is 85.3 Å². The number of thioether (sulfide) groups is 1. The van der Waals surface area contributed by atoms with E-state index in [2.05, 4.69) is 29.7 Å². The van der Waals surface area contributed by atoms with Gasteiger partial charge in [0.1, 0.15) is 11.8 Å². The number of hydrogen-bond donors (Lipinski definition) is 2. The molecule has 3 aromatic carbocycles. The summed E-state index contributed by atoms with van der Waals surface area (Å²) >= 11 is 1.57. The van der Waals surface area contributed by atoms with Gasteiger partial charge < -0.3 is 15.4 Å². The quantitative estimate of drug-likeness (QED) is 0.149. The number of hydrogen-bond acceptors (Lipinski definition) is 6. The number of rotatable bonds is 11. The lowest BCUT2D eigenvalue weighted by atomic mass is 9.95. The van der Waals surface area contributed by atoms with Crippen LogP contribution >= 0.6 is 11.8 Å². The number of carbonyl (C=O) groups is 1. The van der Waals surface area contributed by atoms with E-state index in [1.165, 1.54) is 5.56 Å². The lowest BCUT2D eigenvalue weighted by Crippen LogP contribution is -2.31. The summed E-state index contributed by atoms with van der Waals surface area (Å²) in [5.41, 5.74) is 5.26. The second kappa shape index (κ2) is 12.9. The molecule has 1 aliphatic heterocycles. The highest BCUT2D eigenvalue weighted by Gasteiger charge is 2.34. The summed E-state index contributed by atoms with van der Waals surface area (Å²) in [6.45, 7) is 6.78. The van der Waals surface area contributed by atoms with Gasteiger partial charge in [-0.15, -0.1) is 5.10 Å². The molecule has 8 heteroatoms. The number of carbonyl (C=O) groups excluding carboxylic acids is 1. The van der Waals surface area contributed by atoms with Gasteiger partial charge in [0, 0.05) is 17.1 Å². The molecule has 7 nitrogen and oxygen atoms in total. The van der Waals surface area contributed by atoms with Crippen LogP contribution < -0.4 is 15.4 Å². The third-order valence-electron chi connectivity index (χ3n) is 6.89. The molecular formula is C32H35N5O2S. The number of aromatic nitrogens is 3. The van der Waals surface area contributed by atoms with Crippen LogP contribution in [0.3, 0.4) is 0 Å². The van der Waals surface area contributed by atoms with E-state index >= 15 is 0 Å². The largest absolute Gasteiger partial charge is 0.494 e. The van der Waals surface area contributed by atoms with Gasteiger partial charge >= 0.3 is 0 Å². The monoisotopic (exact) mass is 553 g/mol. The Balaban J connectivity index is 1.45. The highest BCUT2D eigenvalue weighted by Crippen LogP contribution is 2.37. The fourth-order valence-corrected chi connectivity index (χ4v) is 5.49. The Bertz CT molecular complexity index is 1480. The SMILES string of the molecule is CCCCCOc1ccc(C2C(C(=O)Nc3ccccc3C)=C(C)Nc3nc(SCc4ccccc4)nn32)cc1. The van der Waals surface area contributed by atoms with Gasteiger partial charge in [-0.25, -0.2) is 4.68 Å². The van der Waals surface area contributed by atoms with Crippen LogP contribution in [0, 0.1) is 6.92 Å². The van der Waals surface area contributed by atoms with Crippen molar-refractivity contribution < 1.29 is 9.53 Å². The lowest BCUT2D eigenvalue weighted by molar-refractivity contribution is -0.113. The van der Waals surface area contributed by atoms with E-state index in [9.17, 15) is 4.79 Å². The predicted octanol–water partition coefficient (Wildman–Crippen LogP) is 7.38. The number of nitrogens with zero attached hydrogens (tertiary/aromatic N) is 3. The number of amides is 1. The Morgan fingerprint density at radius 2 is 1.75 bits per heavy atom. The molecule has 4 aromatic rings. The Labute approximate surface area is 240 Å². The number of unbranched alkanes of at least 4 members (excludes halogenated alkanes) is 2. The van der Waals surface area contributed by atoms with Crippen LogP contribution in [0.5, 0.6) is 5.75 Å². The molecule has 1 aliphatic rings. The van der Waals surface area contributed by atoms with Gasteiger partial charge in [0.15, 0.2) is 0 Å². The summed E-state index contributed by atoms with van der Waals surface area (Å²) in [6.07, 6.45) is 3.34. The first-order chi connectivity index (χ1) is 19.5. The van der Waals surface area contributed by atoms with Crippen molar-refractivity contribution in [2.75, 3.05) is 17.2 Å². The molecule has 0 spiro atoms. The van der Waals surface area contributed by atoms with Crippen molar-refractivity contribution in [1.29, 1.82) is 0 Å². The molecule has 2 heterocycles. The highest BCUT2D eigenvalue weighted by atomic mass is 32.2. The maximum absolute atomic E-state index is 13.8. The number of ether oxygens (including phenoxy) is 1. The standard InChI is InChI=1S/C32H35N5O2S/c1-4-5-11-20-39-26-18-16-25(17-19-26)29-28(30(38)34-27-15-10-9-12-22(27)2)23(3)33-31-35-32(36-37(29)31)40-21-24-13-7-6-8-14-24/h6-10,12-19,29H,4-5,11,20-21H2,1-3H3,(H,34,38)(H,33,35,36). The number of anilines is 2. The van der Waals surface area contributed by atoms with Crippen molar-refractivity contribution >= 4 is 29.3 Å². The minimum absolute atomic E-state index is 0.177. The number of aryl methyl sites for hydroxylation is 1. The zero-order valence-electron chi connectivity index (χ0n) is 23.2. The van der Waals surface area contributed by atoms with Crippen LogP contribution in [0.15, 0.2) is 95.3 Å². The number of nitrogens with one attached hydrogen (secondary N) is 2. The fraction of sp³-hybridized carbons (Fsp3) is 0.281. The molecule has 1 aromatic heterocycles. The second-order valence-electron chi connectivity index (χ2n) is 9.90. The molecule has 0 saturated carbocycles. The molecule has 1 amide bonds. The maximum atomic E-state index is 13.8. The van der Waals surface area contributed by atoms with Crippen LogP contribution in [0.4, 0.5) is 11.6 Å². The van der Waals surface area contributed by atoms with Crippen LogP contribution in [0.25, 0.3) is 0 Å². The van der Waals surface area contributed by atoms with Crippen molar-refractivity contribution in [3.63, 3.8) is 0 Å². The molecular weight excluding hydrogens is 518 g/mol. The molecule has 0 fully saturated rings. The number of benzene rings is 3. The topological polar surface area (TPSA) is 81.1 Å². The Morgan fingerprint density at radius 1 is 1.00 bits per heavy atom. The Hall–Kier alpha value is -4.04. The van der Waals surface area contributed by atoms with Crippen molar-refractivity contribution in [3.05, 3.63) is 107 Å². The minimum atomic E-state index is -0.451. The molecule has 1 atom stereocenters. The zero-order valence-corrected chi connectivity index (χ0v) is 24.0. The third kappa shape index (κ3) is 6.39. The van der Waals surface area contributed by atoms with Gasteiger partial charge in [0.25, 0.3) is 5.91 Å². The average Bonchev–Trinajstić information content (AvgIpc) is 3.38. The van der Waals surface area contributed by atoms with Crippen LogP contribution in [-0.4, -0.2) is 27.3 Å². The first-order valence-corrected chi connectivity index (χ1v) is 14.7. The smallest absolute Gasteiger partial charge is 0.255 e. The first-order valence-electron chi connectivity index (χ1n) is 13.7. The van der Waals surface area contributed by atoms with Crippen LogP contribution in [0.1, 0.15) is 55.8 Å². The minimum Gasteiger partial charge on any atom is -0.494 e. The summed E-state index contributed by atoms with van der Waals surface area (Å²) in [4.78, 5) is 18.6. The zero-order chi connectivity index (χ0) is 27.9. The lowest BCUT2D eigenvalue weighted by Gasteiger charge is -2.29. The van der Waals surface area contributed by atoms with Crippen LogP contribution in [0.2, 0.25) is 0 Å². The molecule has 0 radical (unpaired) electrons. The van der Waals surface area contributed by atoms with E-state index < -0.39 is 6.04 Å². The maximum Gasteiger partial charge on any atom is 0.255 e. The van der Waals surface area contributed by atoms with E-state index in [-0.39, 0.29) is 5.91 Å². The first kappa shape index (κ1) is 27.5. The van der Waals surface area contributed by atoms with E-state index in [1.54, 1.807) is 11.8 Å². The van der Waals surface area contributed by atoms with Crippen molar-refractivity contribution in [2.24, 2.45) is 0 Å². The van der Waals surface area contributed by atoms with Gasteiger partial charge in [0.2, 0.25) is 11.1 Å². The molecule has 0 aliphatic carbocycles. The molecule has 206 valence electrons. The molecule has 0 bridgehead atoms. The molecule has 0 saturated heterocycles. The number of para-hydroxylation sites is 1. The average molecular weight is 554 g/mol. The highest BCUT2D eigenvalue weighted by molar-refractivity contribution is 7.98. The summed E-state index contributed by atoms with van der Waals surface area (Å²) in [7, 11) is 0. The third-order valence-corrected chi connectivity index (χ3v) is 7.80. The van der Waals surface area contributed by atoms with Gasteiger partial charge in [-0.3, -0.25) is 4.79 Å². The summed E-state index contributed by atoms with van der Waals surface area (Å²) in [5, 5.41) is 12.0. The number of allylic oxidation sites excluding steroid dienone is 1. The van der Waals surface area contributed by atoms with E-state index in [0.717, 1.165) is 53.3 Å². The fourth-order valence-electron chi connectivity index (χ4n) is 4.71. The molecule has 2 N–H and O–H groups in total. The van der Waals surface area contributed by atoms with Gasteiger partial charge in [-0.2, -0.15) is 4.98 Å². The van der Waals surface area contributed by atoms with E-state index in [0.29, 0.717) is 23.3 Å². The van der Waals surface area contributed by atoms with Crippen LogP contribution in [-0.2, 0) is 10.5 Å². The Morgan fingerprint density at radius 3 is 2.50 bits per heavy atom. The van der Waals surface area contributed by atoms with Crippen molar-refractivity contribution in [1.82, 2.24) is 14.8 Å². The summed E-state index contributed by atoms with van der Waals surface area (Å²) in [6, 6.07) is 25.6. The van der Waals surface area contributed by atoms with Gasteiger partial charge in [-0.1, -0.05) is 92.2 Å². The summed E-state index contributed by atoms with van der Waals surface area (Å²) < 4.78 is 7.77. The normalized spacial score (nSPS) is 14.4. The van der Waals surface area contributed by atoms with Gasteiger partial charge in [-0.05, 0) is 55.2 Å². The van der Waals surface area contributed by atoms with Gasteiger partial charge in [0.05, 0.1) is 12.2 Å². The van der Waals surface area contributed by atoms with Crippen molar-refractivity contribution in [2.45, 2.75) is 57.0 Å². The summed E-state index contributed by atoms with van der Waals surface area (Å²) in [5.74, 6) is 2.01. The molecule has 5 rings (SSSR count). The molecule has 1 unspecified atom stereocenters. The van der Waals surface area contributed by atoms with E-state index in [4.69, 9.17) is 14.8 Å². The predicted molar refractivity (Wildman–Crippen MR) is 162 cm³/mol. The second-order valence-corrected chi connectivity index (χ2v) is 10.8. The van der Waals surface area contributed by atoms with Crippen molar-refractivity contribution in [3.8, 4) is 5.75 Å². The molecule has 40 heavy (non-hydrogen) atoms.